The van der Waals surface area contributed by atoms with E-state index in [0.29, 0.717) is 31.9 Å². The summed E-state index contributed by atoms with van der Waals surface area (Å²) in [7, 11) is -2.10. The molecule has 0 bridgehead atoms. The minimum atomic E-state index is -3.62. The van der Waals surface area contributed by atoms with Crippen LogP contribution in [0, 0.1) is 11.6 Å². The van der Waals surface area contributed by atoms with Gasteiger partial charge in [0.15, 0.2) is 0 Å². The lowest BCUT2D eigenvalue weighted by Crippen LogP contribution is -2.49. The maximum atomic E-state index is 13.5. The Morgan fingerprint density at radius 3 is 1.66 bits per heavy atom. The number of halogens is 2. The summed E-state index contributed by atoms with van der Waals surface area (Å²) in [5.41, 5.74) is 1.73. The molecule has 1 saturated heterocycles. The standard InChI is InChI=1S/C24H24F2N2O3S/c1-31-22-10-12-23(13-11-22)32(29,30)28-16-14-27(15-17-28)24(18-2-6-20(25)7-3-18)19-4-8-21(26)9-5-19/h2-13,24H,14-17H2,1H3. The van der Waals surface area contributed by atoms with E-state index in [9.17, 15) is 17.2 Å². The highest BCUT2D eigenvalue weighted by Crippen LogP contribution is 2.31. The molecule has 0 saturated carbocycles. The highest BCUT2D eigenvalue weighted by molar-refractivity contribution is 7.89. The summed E-state index contributed by atoms with van der Waals surface area (Å²) in [6, 6.07) is 18.5. The van der Waals surface area contributed by atoms with Crippen LogP contribution in [0.3, 0.4) is 0 Å². The van der Waals surface area contributed by atoms with Gasteiger partial charge in [0.1, 0.15) is 17.4 Å². The van der Waals surface area contributed by atoms with Gasteiger partial charge in [0.25, 0.3) is 0 Å². The first-order valence-electron chi connectivity index (χ1n) is 10.3. The summed E-state index contributed by atoms with van der Waals surface area (Å²) in [6.45, 7) is 1.59. The number of piperazine rings is 1. The van der Waals surface area contributed by atoms with Crippen molar-refractivity contribution in [3.05, 3.63) is 95.6 Å². The number of hydrogen-bond acceptors (Lipinski definition) is 4. The summed E-state index contributed by atoms with van der Waals surface area (Å²) in [5.74, 6) is -0.0702. The van der Waals surface area contributed by atoms with Gasteiger partial charge in [-0.1, -0.05) is 24.3 Å². The highest BCUT2D eigenvalue weighted by atomic mass is 32.2. The molecule has 0 amide bonds. The van der Waals surface area contributed by atoms with Crippen LogP contribution in [0.4, 0.5) is 8.78 Å². The van der Waals surface area contributed by atoms with Crippen LogP contribution < -0.4 is 4.74 Å². The Kier molecular flexibility index (Phi) is 6.55. The fourth-order valence-electron chi connectivity index (χ4n) is 4.00. The molecule has 0 unspecified atom stereocenters. The van der Waals surface area contributed by atoms with Gasteiger partial charge in [0.2, 0.25) is 10.0 Å². The van der Waals surface area contributed by atoms with Crippen molar-refractivity contribution in [2.75, 3.05) is 33.3 Å². The Bertz CT molecular complexity index is 1100. The minimum Gasteiger partial charge on any atom is -0.497 e. The van der Waals surface area contributed by atoms with Crippen molar-refractivity contribution in [1.82, 2.24) is 9.21 Å². The highest BCUT2D eigenvalue weighted by Gasteiger charge is 2.32. The molecule has 1 aliphatic heterocycles. The first-order chi connectivity index (χ1) is 15.4. The molecule has 3 aromatic rings. The molecule has 4 rings (SSSR count). The lowest BCUT2D eigenvalue weighted by molar-refractivity contribution is 0.155. The zero-order valence-corrected chi connectivity index (χ0v) is 18.4. The van der Waals surface area contributed by atoms with Crippen LogP contribution >= 0.6 is 0 Å². The molecule has 0 radical (unpaired) electrons. The summed E-state index contributed by atoms with van der Waals surface area (Å²) in [4.78, 5) is 2.36. The molecule has 1 heterocycles. The normalized spacial score (nSPS) is 15.8. The van der Waals surface area contributed by atoms with E-state index in [1.165, 1.54) is 35.7 Å². The number of ether oxygens (including phenoxy) is 1. The molecule has 0 atom stereocenters. The van der Waals surface area contributed by atoms with E-state index in [4.69, 9.17) is 4.74 Å². The average Bonchev–Trinajstić information content (AvgIpc) is 2.82. The molecule has 3 aromatic carbocycles. The van der Waals surface area contributed by atoms with Gasteiger partial charge >= 0.3 is 0 Å². The van der Waals surface area contributed by atoms with Crippen LogP contribution in [0.5, 0.6) is 5.75 Å². The second-order valence-corrected chi connectivity index (χ2v) is 9.56. The number of nitrogens with zero attached hydrogens (tertiary/aromatic N) is 2. The fraction of sp³-hybridized carbons (Fsp3) is 0.250. The van der Waals surface area contributed by atoms with Gasteiger partial charge in [0.05, 0.1) is 18.0 Å². The first kappa shape index (κ1) is 22.4. The van der Waals surface area contributed by atoms with E-state index < -0.39 is 10.0 Å². The molecule has 32 heavy (non-hydrogen) atoms. The van der Waals surface area contributed by atoms with E-state index in [-0.39, 0.29) is 22.6 Å². The Morgan fingerprint density at radius 1 is 0.750 bits per heavy atom. The maximum Gasteiger partial charge on any atom is 0.243 e. The third kappa shape index (κ3) is 4.67. The van der Waals surface area contributed by atoms with Crippen LogP contribution in [0.15, 0.2) is 77.7 Å². The molecule has 0 aromatic heterocycles. The van der Waals surface area contributed by atoms with E-state index in [2.05, 4.69) is 4.90 Å². The van der Waals surface area contributed by atoms with Crippen LogP contribution in [-0.4, -0.2) is 50.9 Å². The van der Waals surface area contributed by atoms with Crippen LogP contribution in [-0.2, 0) is 10.0 Å². The second-order valence-electron chi connectivity index (χ2n) is 7.62. The summed E-state index contributed by atoms with van der Waals surface area (Å²) in [6.07, 6.45) is 0. The molecule has 8 heteroatoms. The van der Waals surface area contributed by atoms with Gasteiger partial charge in [0, 0.05) is 26.2 Å². The minimum absolute atomic E-state index is 0.223. The largest absolute Gasteiger partial charge is 0.497 e. The second kappa shape index (κ2) is 9.36. The number of rotatable bonds is 6. The van der Waals surface area contributed by atoms with Crippen molar-refractivity contribution in [2.45, 2.75) is 10.9 Å². The van der Waals surface area contributed by atoms with Crippen molar-refractivity contribution < 1.29 is 21.9 Å². The van der Waals surface area contributed by atoms with Crippen molar-refractivity contribution in [1.29, 1.82) is 0 Å². The van der Waals surface area contributed by atoms with Crippen LogP contribution in [0.25, 0.3) is 0 Å². The maximum absolute atomic E-state index is 13.5. The van der Waals surface area contributed by atoms with Gasteiger partial charge < -0.3 is 4.74 Å². The lowest BCUT2D eigenvalue weighted by atomic mass is 9.96. The van der Waals surface area contributed by atoms with E-state index in [0.717, 1.165) is 11.1 Å². The van der Waals surface area contributed by atoms with Gasteiger partial charge in [-0.05, 0) is 59.7 Å². The van der Waals surface area contributed by atoms with E-state index in [1.807, 2.05) is 0 Å². The Labute approximate surface area is 186 Å². The monoisotopic (exact) mass is 458 g/mol. The SMILES string of the molecule is COc1ccc(S(=O)(=O)N2CCN(C(c3ccc(F)cc3)c3ccc(F)cc3)CC2)cc1. The molecule has 0 N–H and O–H groups in total. The van der Waals surface area contributed by atoms with Crippen molar-refractivity contribution in [2.24, 2.45) is 0 Å². The van der Waals surface area contributed by atoms with E-state index in [1.54, 1.807) is 48.5 Å². The van der Waals surface area contributed by atoms with Crippen LogP contribution in [0.1, 0.15) is 17.2 Å². The molecule has 0 spiro atoms. The molecule has 1 fully saturated rings. The fourth-order valence-corrected chi connectivity index (χ4v) is 5.43. The smallest absolute Gasteiger partial charge is 0.243 e. The Balaban J connectivity index is 1.55. The van der Waals surface area contributed by atoms with Gasteiger partial charge in [-0.3, -0.25) is 4.90 Å². The van der Waals surface area contributed by atoms with Gasteiger partial charge in [-0.15, -0.1) is 0 Å². The van der Waals surface area contributed by atoms with Crippen molar-refractivity contribution in [3.63, 3.8) is 0 Å². The zero-order valence-electron chi connectivity index (χ0n) is 17.6. The number of hydrogen-bond donors (Lipinski definition) is 0. The number of benzene rings is 3. The number of sulfonamides is 1. The molecule has 1 aliphatic rings. The molecular formula is C24H24F2N2O3S. The van der Waals surface area contributed by atoms with Crippen molar-refractivity contribution >= 4 is 10.0 Å². The molecule has 168 valence electrons. The first-order valence-corrected chi connectivity index (χ1v) is 11.7. The summed E-state index contributed by atoms with van der Waals surface area (Å²) >= 11 is 0. The van der Waals surface area contributed by atoms with E-state index >= 15 is 0 Å². The Hall–Kier alpha value is -2.81. The molecule has 0 aliphatic carbocycles. The van der Waals surface area contributed by atoms with Crippen LogP contribution in [0.2, 0.25) is 0 Å². The lowest BCUT2D eigenvalue weighted by Gasteiger charge is -2.39. The molecular weight excluding hydrogens is 434 g/mol. The predicted molar refractivity (Wildman–Crippen MR) is 118 cm³/mol. The number of methoxy groups -OCH3 is 1. The van der Waals surface area contributed by atoms with Crippen molar-refractivity contribution in [3.8, 4) is 5.75 Å². The summed E-state index contributed by atoms with van der Waals surface area (Å²) in [5, 5.41) is 0. The third-order valence-corrected chi connectivity index (χ3v) is 7.62. The average molecular weight is 459 g/mol. The zero-order chi connectivity index (χ0) is 22.7. The third-order valence-electron chi connectivity index (χ3n) is 5.71. The molecule has 5 nitrogen and oxygen atoms in total. The Morgan fingerprint density at radius 2 is 1.22 bits per heavy atom. The topological polar surface area (TPSA) is 49.9 Å². The quantitative estimate of drug-likeness (QED) is 0.559. The van der Waals surface area contributed by atoms with Gasteiger partial charge in [-0.25, -0.2) is 17.2 Å². The predicted octanol–water partition coefficient (Wildman–Crippen LogP) is 4.07. The van der Waals surface area contributed by atoms with Gasteiger partial charge in [-0.2, -0.15) is 4.31 Å². The summed E-state index contributed by atoms with van der Waals surface area (Å²) < 4.78 is 59.7.